The van der Waals surface area contributed by atoms with Crippen molar-refractivity contribution in [2.75, 3.05) is 13.7 Å². The molecule has 0 saturated heterocycles. The van der Waals surface area contributed by atoms with Crippen molar-refractivity contribution in [1.29, 1.82) is 0 Å². The predicted octanol–water partition coefficient (Wildman–Crippen LogP) is 3.03. The Morgan fingerprint density at radius 1 is 1.30 bits per heavy atom. The van der Waals surface area contributed by atoms with Crippen LogP contribution in [0.2, 0.25) is 0 Å². The van der Waals surface area contributed by atoms with Gasteiger partial charge in [-0.05, 0) is 56.2 Å². The van der Waals surface area contributed by atoms with Crippen molar-refractivity contribution in [2.24, 2.45) is 10.9 Å². The van der Waals surface area contributed by atoms with Gasteiger partial charge in [-0.3, -0.25) is 0 Å². The minimum atomic E-state index is 0.152. The third-order valence-corrected chi connectivity index (χ3v) is 4.36. The molecular weight excluding hydrogens is 290 g/mol. The monoisotopic (exact) mass is 319 g/mol. The summed E-state index contributed by atoms with van der Waals surface area (Å²) in [6.07, 6.45) is 4.97. The van der Waals surface area contributed by atoms with Crippen LogP contribution in [0.25, 0.3) is 0 Å². The fraction of sp³-hybridized carbons (Fsp3) is 0.611. The second kappa shape index (κ2) is 8.65. The number of rotatable bonds is 5. The largest absolute Gasteiger partial charge is 0.504 e. The molecule has 0 aliphatic heterocycles. The normalized spacial score (nSPS) is 21.8. The molecule has 1 aliphatic rings. The van der Waals surface area contributed by atoms with Gasteiger partial charge in [-0.25, -0.2) is 4.99 Å². The van der Waals surface area contributed by atoms with Gasteiger partial charge in [0, 0.05) is 12.6 Å². The summed E-state index contributed by atoms with van der Waals surface area (Å²) in [6, 6.07) is 5.90. The second-order valence-electron chi connectivity index (χ2n) is 6.30. The van der Waals surface area contributed by atoms with Gasteiger partial charge in [0.05, 0.1) is 13.7 Å². The molecule has 0 spiro atoms. The summed E-state index contributed by atoms with van der Waals surface area (Å²) < 4.78 is 5.06. The first-order valence-corrected chi connectivity index (χ1v) is 8.53. The van der Waals surface area contributed by atoms with Crippen LogP contribution < -0.4 is 15.4 Å². The van der Waals surface area contributed by atoms with Gasteiger partial charge in [0.2, 0.25) is 0 Å². The smallest absolute Gasteiger partial charge is 0.191 e. The van der Waals surface area contributed by atoms with Crippen LogP contribution in [-0.4, -0.2) is 30.8 Å². The fourth-order valence-electron chi connectivity index (χ4n) is 2.92. The first-order chi connectivity index (χ1) is 11.1. The molecule has 5 heteroatoms. The molecule has 128 valence electrons. The van der Waals surface area contributed by atoms with Gasteiger partial charge in [0.25, 0.3) is 0 Å². The molecule has 0 atom stereocenters. The summed E-state index contributed by atoms with van der Waals surface area (Å²) in [5.41, 5.74) is 0.956. The molecule has 1 aliphatic carbocycles. The van der Waals surface area contributed by atoms with E-state index in [4.69, 9.17) is 4.74 Å². The molecule has 5 nitrogen and oxygen atoms in total. The Morgan fingerprint density at radius 2 is 2.04 bits per heavy atom. The molecule has 1 saturated carbocycles. The average molecular weight is 319 g/mol. The molecule has 1 aromatic rings. The van der Waals surface area contributed by atoms with Crippen LogP contribution in [0.4, 0.5) is 0 Å². The molecule has 0 heterocycles. The maximum atomic E-state index is 9.84. The van der Waals surface area contributed by atoms with Crippen molar-refractivity contribution in [2.45, 2.75) is 52.1 Å². The maximum absolute atomic E-state index is 9.84. The lowest BCUT2D eigenvalue weighted by molar-refractivity contribution is 0.329. The zero-order valence-electron chi connectivity index (χ0n) is 14.4. The Hall–Kier alpha value is -1.91. The number of benzene rings is 1. The van der Waals surface area contributed by atoms with E-state index in [2.05, 4.69) is 29.5 Å². The van der Waals surface area contributed by atoms with E-state index in [0.717, 1.165) is 24.0 Å². The third-order valence-electron chi connectivity index (χ3n) is 4.36. The zero-order chi connectivity index (χ0) is 16.7. The zero-order valence-corrected chi connectivity index (χ0v) is 14.4. The van der Waals surface area contributed by atoms with Crippen molar-refractivity contribution in [1.82, 2.24) is 10.6 Å². The van der Waals surface area contributed by atoms with Crippen molar-refractivity contribution in [3.8, 4) is 11.5 Å². The van der Waals surface area contributed by atoms with E-state index in [1.807, 2.05) is 6.07 Å². The molecule has 0 unspecified atom stereocenters. The number of guanidine groups is 1. The number of aromatic hydroxyl groups is 1. The third kappa shape index (κ3) is 5.34. The second-order valence-corrected chi connectivity index (χ2v) is 6.30. The van der Waals surface area contributed by atoms with Crippen molar-refractivity contribution >= 4 is 5.96 Å². The van der Waals surface area contributed by atoms with Gasteiger partial charge in [-0.1, -0.05) is 13.0 Å². The van der Waals surface area contributed by atoms with Gasteiger partial charge in [0.1, 0.15) is 0 Å². The van der Waals surface area contributed by atoms with E-state index in [1.165, 1.54) is 25.7 Å². The van der Waals surface area contributed by atoms with Crippen molar-refractivity contribution in [3.05, 3.63) is 23.8 Å². The lowest BCUT2D eigenvalue weighted by Gasteiger charge is -2.28. The van der Waals surface area contributed by atoms with E-state index >= 15 is 0 Å². The number of phenolic OH excluding ortho intramolecular Hbond substituents is 1. The van der Waals surface area contributed by atoms with Crippen LogP contribution in [0.15, 0.2) is 23.2 Å². The van der Waals surface area contributed by atoms with Crippen LogP contribution in [-0.2, 0) is 6.54 Å². The number of phenols is 1. The summed E-state index contributed by atoms with van der Waals surface area (Å²) in [4.78, 5) is 4.64. The average Bonchev–Trinajstić information content (AvgIpc) is 2.55. The highest BCUT2D eigenvalue weighted by Crippen LogP contribution is 2.26. The van der Waals surface area contributed by atoms with E-state index in [0.29, 0.717) is 18.3 Å². The molecule has 3 N–H and O–H groups in total. The Morgan fingerprint density at radius 3 is 2.65 bits per heavy atom. The summed E-state index contributed by atoms with van der Waals surface area (Å²) in [6.45, 7) is 5.75. The summed E-state index contributed by atoms with van der Waals surface area (Å²) in [5.74, 6) is 2.33. The predicted molar refractivity (Wildman–Crippen MR) is 94.0 cm³/mol. The van der Waals surface area contributed by atoms with Gasteiger partial charge < -0.3 is 20.5 Å². The first-order valence-electron chi connectivity index (χ1n) is 8.53. The van der Waals surface area contributed by atoms with Crippen LogP contribution in [0.5, 0.6) is 11.5 Å². The quantitative estimate of drug-likeness (QED) is 0.576. The molecule has 0 aromatic heterocycles. The molecule has 1 fully saturated rings. The number of nitrogens with one attached hydrogen (secondary N) is 2. The Bertz CT molecular complexity index is 523. The Kier molecular flexibility index (Phi) is 6.56. The molecule has 1 aromatic carbocycles. The van der Waals surface area contributed by atoms with E-state index < -0.39 is 0 Å². The molecular formula is C18H29N3O2. The van der Waals surface area contributed by atoms with E-state index in [-0.39, 0.29) is 5.75 Å². The number of methoxy groups -OCH3 is 1. The van der Waals surface area contributed by atoms with Crippen molar-refractivity contribution in [3.63, 3.8) is 0 Å². The minimum absolute atomic E-state index is 0.152. The summed E-state index contributed by atoms with van der Waals surface area (Å²) >= 11 is 0. The number of nitrogens with zero attached hydrogens (tertiary/aromatic N) is 1. The van der Waals surface area contributed by atoms with Crippen LogP contribution >= 0.6 is 0 Å². The highest BCUT2D eigenvalue weighted by molar-refractivity contribution is 5.80. The number of hydrogen-bond donors (Lipinski definition) is 3. The number of hydrogen-bond acceptors (Lipinski definition) is 3. The lowest BCUT2D eigenvalue weighted by atomic mass is 9.87. The Balaban J connectivity index is 1.96. The van der Waals surface area contributed by atoms with Crippen molar-refractivity contribution < 1.29 is 9.84 Å². The van der Waals surface area contributed by atoms with Gasteiger partial charge in [-0.15, -0.1) is 0 Å². The summed E-state index contributed by atoms with van der Waals surface area (Å²) in [7, 11) is 1.55. The van der Waals surface area contributed by atoms with Crippen LogP contribution in [0, 0.1) is 5.92 Å². The van der Waals surface area contributed by atoms with Gasteiger partial charge >= 0.3 is 0 Å². The minimum Gasteiger partial charge on any atom is -0.504 e. The topological polar surface area (TPSA) is 65.9 Å². The first kappa shape index (κ1) is 17.4. The Labute approximate surface area is 139 Å². The number of ether oxygens (including phenoxy) is 1. The highest BCUT2D eigenvalue weighted by Gasteiger charge is 2.18. The SMILES string of the molecule is CCNC(=NCc1ccc(OC)c(O)c1)NC1CCC(C)CC1. The highest BCUT2D eigenvalue weighted by atomic mass is 16.5. The standard InChI is InChI=1S/C18H29N3O2/c1-4-19-18(21-15-8-5-13(2)6-9-15)20-12-14-7-10-17(23-3)16(22)11-14/h7,10-11,13,15,22H,4-6,8-9,12H2,1-3H3,(H2,19,20,21). The van der Waals surface area contributed by atoms with Gasteiger partial charge in [0.15, 0.2) is 17.5 Å². The maximum Gasteiger partial charge on any atom is 0.191 e. The molecule has 2 rings (SSSR count). The van der Waals surface area contributed by atoms with Crippen LogP contribution in [0.3, 0.4) is 0 Å². The molecule has 0 radical (unpaired) electrons. The van der Waals surface area contributed by atoms with E-state index in [1.54, 1.807) is 19.2 Å². The molecule has 0 bridgehead atoms. The number of aliphatic imine (C=N–C) groups is 1. The fourth-order valence-corrected chi connectivity index (χ4v) is 2.92. The van der Waals surface area contributed by atoms with Crippen LogP contribution in [0.1, 0.15) is 45.1 Å². The van der Waals surface area contributed by atoms with E-state index in [9.17, 15) is 5.11 Å². The lowest BCUT2D eigenvalue weighted by Crippen LogP contribution is -2.44. The molecule has 23 heavy (non-hydrogen) atoms. The van der Waals surface area contributed by atoms with Gasteiger partial charge in [-0.2, -0.15) is 0 Å². The molecule has 0 amide bonds. The summed E-state index contributed by atoms with van der Waals surface area (Å²) in [5, 5.41) is 16.7.